The predicted octanol–water partition coefficient (Wildman–Crippen LogP) is 5.84. The molecule has 8 heteroatoms. The van der Waals surface area contributed by atoms with Crippen LogP contribution in [0.25, 0.3) is 17.4 Å². The number of aromatic carboxylic acids is 1. The van der Waals surface area contributed by atoms with E-state index in [1.165, 1.54) is 23.1 Å². The molecule has 4 rings (SSSR count). The average Bonchev–Trinajstić information content (AvgIpc) is 3.30. The Hall–Kier alpha value is -3.29. The van der Waals surface area contributed by atoms with Gasteiger partial charge in [0.15, 0.2) is 0 Å². The number of halogens is 1. The van der Waals surface area contributed by atoms with Crippen molar-refractivity contribution in [2.75, 3.05) is 0 Å². The number of benzene rings is 2. The van der Waals surface area contributed by atoms with Crippen LogP contribution in [0.3, 0.4) is 0 Å². The number of thioether (sulfide) groups is 1. The van der Waals surface area contributed by atoms with E-state index in [9.17, 15) is 19.5 Å². The van der Waals surface area contributed by atoms with E-state index in [-0.39, 0.29) is 33.2 Å². The number of hydrogen-bond acceptors (Lipinski definition) is 5. The smallest absolute Gasteiger partial charge is 0.337 e. The van der Waals surface area contributed by atoms with Crippen LogP contribution in [0.2, 0.25) is 5.02 Å². The molecule has 0 bridgehead atoms. The van der Waals surface area contributed by atoms with Crippen molar-refractivity contribution in [2.45, 2.75) is 13.5 Å². The van der Waals surface area contributed by atoms with Crippen molar-refractivity contribution in [1.82, 2.24) is 4.90 Å². The lowest BCUT2D eigenvalue weighted by molar-refractivity contribution is -0.123. The van der Waals surface area contributed by atoms with Gasteiger partial charge in [0.2, 0.25) is 0 Å². The highest BCUT2D eigenvalue weighted by atomic mass is 35.5. The number of furan rings is 1. The molecule has 1 aliphatic heterocycles. The third-order valence-corrected chi connectivity index (χ3v) is 6.08. The summed E-state index contributed by atoms with van der Waals surface area (Å²) in [4.78, 5) is 37.9. The standard InChI is InChI=1S/C23H16ClNO5S/c1-13-4-2-3-5-15(13)12-25-21(26)20(31-23(25)29)11-16-7-9-19(30-16)14-6-8-18(24)17(10-14)22(27)28/h2-11H,12H2,1H3,(H,27,28)/b20-11-. The average molecular weight is 454 g/mol. The van der Waals surface area contributed by atoms with Crippen LogP contribution < -0.4 is 0 Å². The van der Waals surface area contributed by atoms with E-state index in [2.05, 4.69) is 0 Å². The quantitative estimate of drug-likeness (QED) is 0.488. The Bertz CT molecular complexity index is 1250. The molecule has 0 aliphatic carbocycles. The fraction of sp³-hybridized carbons (Fsp3) is 0.0870. The second kappa shape index (κ2) is 8.45. The van der Waals surface area contributed by atoms with Crippen LogP contribution in [0.5, 0.6) is 0 Å². The van der Waals surface area contributed by atoms with E-state index in [0.29, 0.717) is 17.1 Å². The molecule has 0 saturated carbocycles. The van der Waals surface area contributed by atoms with Crippen molar-refractivity contribution in [2.24, 2.45) is 0 Å². The maximum Gasteiger partial charge on any atom is 0.337 e. The summed E-state index contributed by atoms with van der Waals surface area (Å²) in [6.45, 7) is 2.14. The van der Waals surface area contributed by atoms with Crippen molar-refractivity contribution in [3.63, 3.8) is 0 Å². The van der Waals surface area contributed by atoms with Gasteiger partial charge in [-0.25, -0.2) is 4.79 Å². The molecule has 1 fully saturated rings. The Morgan fingerprint density at radius 3 is 2.68 bits per heavy atom. The van der Waals surface area contributed by atoms with Crippen molar-refractivity contribution in [3.05, 3.63) is 87.0 Å². The van der Waals surface area contributed by atoms with Gasteiger partial charge in [-0.3, -0.25) is 14.5 Å². The molecule has 0 spiro atoms. The number of amides is 2. The maximum atomic E-state index is 12.8. The number of carbonyl (C=O) groups is 3. The minimum Gasteiger partial charge on any atom is -0.478 e. The molecule has 2 amide bonds. The Morgan fingerprint density at radius 1 is 1.16 bits per heavy atom. The van der Waals surface area contributed by atoms with Gasteiger partial charge in [0.25, 0.3) is 11.1 Å². The van der Waals surface area contributed by atoms with Crippen LogP contribution in [0.15, 0.2) is 63.9 Å². The van der Waals surface area contributed by atoms with Gasteiger partial charge in [0.1, 0.15) is 11.5 Å². The number of carboxylic acid groups (broad SMARTS) is 1. The molecule has 2 aromatic carbocycles. The van der Waals surface area contributed by atoms with Crippen LogP contribution >= 0.6 is 23.4 Å². The van der Waals surface area contributed by atoms with E-state index >= 15 is 0 Å². The first-order valence-electron chi connectivity index (χ1n) is 9.26. The number of carbonyl (C=O) groups excluding carboxylic acids is 2. The van der Waals surface area contributed by atoms with Gasteiger partial charge in [-0.2, -0.15) is 0 Å². The highest BCUT2D eigenvalue weighted by Crippen LogP contribution is 2.35. The van der Waals surface area contributed by atoms with Crippen LogP contribution in [0.4, 0.5) is 4.79 Å². The summed E-state index contributed by atoms with van der Waals surface area (Å²) in [5, 5.41) is 9.02. The van der Waals surface area contributed by atoms with E-state index in [1.54, 1.807) is 18.2 Å². The molecule has 1 N–H and O–H groups in total. The predicted molar refractivity (Wildman–Crippen MR) is 119 cm³/mol. The number of nitrogens with zero attached hydrogens (tertiary/aromatic N) is 1. The summed E-state index contributed by atoms with van der Waals surface area (Å²) < 4.78 is 5.75. The zero-order valence-corrected chi connectivity index (χ0v) is 17.9. The fourth-order valence-corrected chi connectivity index (χ4v) is 4.17. The Balaban J connectivity index is 1.56. The molecular formula is C23H16ClNO5S. The van der Waals surface area contributed by atoms with Gasteiger partial charge < -0.3 is 9.52 Å². The number of hydrogen-bond donors (Lipinski definition) is 1. The van der Waals surface area contributed by atoms with Crippen LogP contribution in [0, 0.1) is 6.92 Å². The van der Waals surface area contributed by atoms with Gasteiger partial charge in [-0.1, -0.05) is 35.9 Å². The lowest BCUT2D eigenvalue weighted by Gasteiger charge is -2.14. The number of rotatable bonds is 5. The summed E-state index contributed by atoms with van der Waals surface area (Å²) in [5.41, 5.74) is 2.41. The lowest BCUT2D eigenvalue weighted by atomic mass is 10.1. The molecule has 1 aliphatic rings. The minimum atomic E-state index is -1.14. The highest BCUT2D eigenvalue weighted by Gasteiger charge is 2.35. The van der Waals surface area contributed by atoms with Crippen LogP contribution in [-0.4, -0.2) is 27.1 Å². The second-order valence-electron chi connectivity index (χ2n) is 6.90. The molecule has 156 valence electrons. The van der Waals surface area contributed by atoms with E-state index in [0.717, 1.165) is 22.9 Å². The Morgan fingerprint density at radius 2 is 1.94 bits per heavy atom. The molecule has 31 heavy (non-hydrogen) atoms. The van der Waals surface area contributed by atoms with Gasteiger partial charge in [-0.05, 0) is 60.1 Å². The topological polar surface area (TPSA) is 87.8 Å². The zero-order valence-electron chi connectivity index (χ0n) is 16.3. The number of carboxylic acids is 1. The molecule has 6 nitrogen and oxygen atoms in total. The van der Waals surface area contributed by atoms with E-state index in [4.69, 9.17) is 16.0 Å². The summed E-state index contributed by atoms with van der Waals surface area (Å²) in [6, 6.07) is 15.5. The normalized spacial score (nSPS) is 15.2. The van der Waals surface area contributed by atoms with Crippen molar-refractivity contribution in [1.29, 1.82) is 0 Å². The third kappa shape index (κ3) is 4.28. The third-order valence-electron chi connectivity index (χ3n) is 4.84. The summed E-state index contributed by atoms with van der Waals surface area (Å²) in [7, 11) is 0. The molecule has 0 atom stereocenters. The summed E-state index contributed by atoms with van der Waals surface area (Å²) in [6.07, 6.45) is 1.51. The van der Waals surface area contributed by atoms with Crippen molar-refractivity contribution in [3.8, 4) is 11.3 Å². The summed E-state index contributed by atoms with van der Waals surface area (Å²) in [5.74, 6) is -0.718. The highest BCUT2D eigenvalue weighted by molar-refractivity contribution is 8.18. The fourth-order valence-electron chi connectivity index (χ4n) is 3.15. The summed E-state index contributed by atoms with van der Waals surface area (Å²) >= 11 is 6.77. The number of aryl methyl sites for hydroxylation is 1. The largest absolute Gasteiger partial charge is 0.478 e. The van der Waals surface area contributed by atoms with Crippen molar-refractivity contribution < 1.29 is 23.9 Å². The monoisotopic (exact) mass is 453 g/mol. The Labute approximate surface area is 187 Å². The molecule has 0 unspecified atom stereocenters. The molecule has 0 radical (unpaired) electrons. The lowest BCUT2D eigenvalue weighted by Crippen LogP contribution is -2.27. The first-order chi connectivity index (χ1) is 14.8. The Kier molecular flexibility index (Phi) is 5.71. The van der Waals surface area contributed by atoms with Gasteiger partial charge >= 0.3 is 5.97 Å². The van der Waals surface area contributed by atoms with Crippen molar-refractivity contribution >= 4 is 46.6 Å². The van der Waals surface area contributed by atoms with Crippen LogP contribution in [-0.2, 0) is 11.3 Å². The first kappa shape index (κ1) is 21.0. The van der Waals surface area contributed by atoms with Crippen LogP contribution in [0.1, 0.15) is 27.2 Å². The zero-order chi connectivity index (χ0) is 22.1. The molecular weight excluding hydrogens is 438 g/mol. The SMILES string of the molecule is Cc1ccccc1CN1C(=O)S/C(=C\c2ccc(-c3ccc(Cl)c(C(=O)O)c3)o2)C1=O. The number of imide groups is 1. The van der Waals surface area contributed by atoms with Gasteiger partial charge in [0.05, 0.1) is 22.0 Å². The molecule has 3 aromatic rings. The van der Waals surface area contributed by atoms with E-state index < -0.39 is 5.97 Å². The maximum absolute atomic E-state index is 12.8. The molecule has 1 aromatic heterocycles. The second-order valence-corrected chi connectivity index (χ2v) is 8.30. The molecule has 2 heterocycles. The van der Waals surface area contributed by atoms with Gasteiger partial charge in [-0.15, -0.1) is 0 Å². The molecule has 1 saturated heterocycles. The van der Waals surface area contributed by atoms with E-state index in [1.807, 2.05) is 31.2 Å². The van der Waals surface area contributed by atoms with Gasteiger partial charge in [0, 0.05) is 11.6 Å². The first-order valence-corrected chi connectivity index (χ1v) is 10.5. The minimum absolute atomic E-state index is 0.0329.